The van der Waals surface area contributed by atoms with Gasteiger partial charge in [-0.1, -0.05) is 164 Å². The summed E-state index contributed by atoms with van der Waals surface area (Å²) in [5.74, 6) is 11.0. The smallest absolute Gasteiger partial charge is 0.00960 e. The van der Waals surface area contributed by atoms with E-state index in [2.05, 4.69) is 238 Å². The van der Waals surface area contributed by atoms with Crippen LogP contribution in [0.1, 0.15) is 303 Å². The van der Waals surface area contributed by atoms with E-state index >= 15 is 0 Å². The molecule has 8 aliphatic rings. The first-order valence-corrected chi connectivity index (χ1v) is 34.7. The van der Waals surface area contributed by atoms with Gasteiger partial charge < -0.3 is 30.2 Å². The Morgan fingerprint density at radius 3 is 0.987 bits per heavy atom. The van der Waals surface area contributed by atoms with Crippen LogP contribution in [0.25, 0.3) is 0 Å². The molecular formula is C73H158N6. The Balaban J connectivity index is -0.000000807. The third-order valence-corrected chi connectivity index (χ3v) is 16.4. The van der Waals surface area contributed by atoms with E-state index in [0.29, 0.717) is 23.5 Å². The number of likely N-dealkylation sites (tertiary alicyclic amines) is 2. The molecule has 2 heterocycles. The summed E-state index contributed by atoms with van der Waals surface area (Å²) in [4.78, 5) is 9.73. The van der Waals surface area contributed by atoms with Gasteiger partial charge in [-0.2, -0.15) is 0 Å². The molecule has 2 unspecified atom stereocenters. The third-order valence-electron chi connectivity index (χ3n) is 16.4. The van der Waals surface area contributed by atoms with Crippen molar-refractivity contribution in [1.29, 1.82) is 0 Å². The Morgan fingerprint density at radius 1 is 0.468 bits per heavy atom. The predicted molar refractivity (Wildman–Crippen MR) is 364 cm³/mol. The number of nitrogens with one attached hydrogen (secondary N) is 2. The van der Waals surface area contributed by atoms with Crippen molar-refractivity contribution in [3.05, 3.63) is 0 Å². The number of piperidine rings is 1. The van der Waals surface area contributed by atoms with E-state index in [-0.39, 0.29) is 0 Å². The molecule has 0 amide bonds. The lowest BCUT2D eigenvalue weighted by atomic mass is 9.80. The van der Waals surface area contributed by atoms with Crippen molar-refractivity contribution in [1.82, 2.24) is 30.2 Å². The van der Waals surface area contributed by atoms with Gasteiger partial charge >= 0.3 is 0 Å². The van der Waals surface area contributed by atoms with Crippen LogP contribution in [0.2, 0.25) is 0 Å². The van der Waals surface area contributed by atoms with E-state index in [4.69, 9.17) is 0 Å². The summed E-state index contributed by atoms with van der Waals surface area (Å²) in [7, 11) is 8.31. The molecule has 6 saturated carbocycles. The molecule has 79 heavy (non-hydrogen) atoms. The molecule has 0 bridgehead atoms. The topological polar surface area (TPSA) is 37.0 Å². The van der Waals surface area contributed by atoms with Crippen molar-refractivity contribution in [2.75, 3.05) is 54.4 Å². The van der Waals surface area contributed by atoms with Crippen LogP contribution in [0.4, 0.5) is 0 Å². The van der Waals surface area contributed by atoms with Crippen LogP contribution in [0.5, 0.6) is 0 Å². The van der Waals surface area contributed by atoms with Gasteiger partial charge in [0.25, 0.3) is 0 Å². The SMILES string of the molecule is CC(C)C1CC1.CC(C)CC(C)(C)C.CC(C)CC(C)C.CC(C)CC1CC1.CC(C)CC1CCC1.CC(C)N(C)C.CC(C)N(C)C1CC1.CC(C)N1CC2CC2C1.CC(C)N1CCCC1.CC(C)NC1CC1.CNC(C)C. The standard InChI is InChI=1S/C8H15N.C8H16.C8H18.2C7H15N.C7H14.C7H16.C6H13N.C6H12.C5H13N.C4H11N/c1-6(2)9-4-7-3-8(7)5-9;1-7(2)6-8-4-3-5-8;1-7(2)6-8(3,4)5;1-6(2)8(3)7-4-5-7;1-7(2)8-5-3-4-6-8;1-6(2)5-7-3-4-7;1-6(2)5-7(3)4;1-5(2)7-6-3-4-6;1-5(2)6-3-4-6;1-5(2)6(3)4;1-4(2)5-3/h6-8H,3-5H2,1-2H3;7-8H,3-6H2,1-2H3;7H,6H2,1-5H3;6-7H,4-5H2,1-3H3;7H,3-6H2,1-2H3;6-7H,3-5H2,1-2H3;6-7H,5H2,1-4H3;5-7H,3-4H2,1-2H3;5-6H,3-4H2,1-2H3;5H,1-4H3;4-5H,1-3H3. The van der Waals surface area contributed by atoms with Crippen LogP contribution < -0.4 is 10.6 Å². The van der Waals surface area contributed by atoms with E-state index < -0.39 is 0 Å². The van der Waals surface area contributed by atoms with E-state index in [9.17, 15) is 0 Å². The van der Waals surface area contributed by atoms with Gasteiger partial charge in [-0.15, -0.1) is 0 Å². The lowest BCUT2D eigenvalue weighted by molar-refractivity contribution is 0.248. The molecule has 0 radical (unpaired) electrons. The Morgan fingerprint density at radius 2 is 0.873 bits per heavy atom. The van der Waals surface area contributed by atoms with E-state index in [1.54, 1.807) is 0 Å². The zero-order valence-electron chi connectivity index (χ0n) is 60.8. The first-order chi connectivity index (χ1) is 36.4. The quantitative estimate of drug-likeness (QED) is 0.160. The number of rotatable bonds is 16. The Kier molecular flexibility index (Phi) is 49.3. The molecule has 6 aliphatic carbocycles. The number of fused-ring (bicyclic) bond motifs is 1. The van der Waals surface area contributed by atoms with Crippen molar-refractivity contribution in [2.24, 2.45) is 70.5 Å². The highest BCUT2D eigenvalue weighted by Crippen LogP contribution is 2.45. The third kappa shape index (κ3) is 60.7. The van der Waals surface area contributed by atoms with Crippen LogP contribution in [0.3, 0.4) is 0 Å². The molecule has 2 aliphatic heterocycles. The van der Waals surface area contributed by atoms with Crippen LogP contribution in [-0.2, 0) is 0 Å². The van der Waals surface area contributed by atoms with Crippen molar-refractivity contribution < 1.29 is 0 Å². The van der Waals surface area contributed by atoms with Crippen molar-refractivity contribution >= 4 is 0 Å². The fraction of sp³-hybridized carbons (Fsp3) is 1.00. The second kappa shape index (κ2) is 47.0. The van der Waals surface area contributed by atoms with Gasteiger partial charge in [0.2, 0.25) is 0 Å². The van der Waals surface area contributed by atoms with Gasteiger partial charge in [0.05, 0.1) is 0 Å². The van der Waals surface area contributed by atoms with Gasteiger partial charge in [-0.05, 0) is 251 Å². The Bertz CT molecular complexity index is 1210. The van der Waals surface area contributed by atoms with E-state index in [0.717, 1.165) is 95.3 Å². The number of hydrogen-bond donors (Lipinski definition) is 2. The first kappa shape index (κ1) is 83.0. The highest BCUT2D eigenvalue weighted by atomic mass is 15.2. The molecule has 2 N–H and O–H groups in total. The van der Waals surface area contributed by atoms with Gasteiger partial charge in [0.1, 0.15) is 0 Å². The monoisotopic (exact) mass is 1120 g/mol. The number of nitrogens with zero attached hydrogens (tertiary/aromatic N) is 4. The minimum absolute atomic E-state index is 0.522. The van der Waals surface area contributed by atoms with Crippen molar-refractivity contribution in [2.45, 2.75) is 351 Å². The summed E-state index contributed by atoms with van der Waals surface area (Å²) >= 11 is 0. The largest absolute Gasteiger partial charge is 0.318 e. The van der Waals surface area contributed by atoms with E-state index in [1.807, 2.05) is 7.05 Å². The molecule has 480 valence electrons. The summed E-state index contributed by atoms with van der Waals surface area (Å²) in [6.45, 7) is 66.3. The summed E-state index contributed by atoms with van der Waals surface area (Å²) in [6, 6.07) is 6.11. The molecule has 8 fully saturated rings. The zero-order chi connectivity index (χ0) is 61.7. The summed E-state index contributed by atoms with van der Waals surface area (Å²) in [5, 5.41) is 6.44. The molecule has 0 aromatic carbocycles. The average Bonchev–Trinajstić information content (AvgIpc) is 4.03. The minimum Gasteiger partial charge on any atom is -0.318 e. The Labute approximate surface area is 503 Å². The normalized spacial score (nSPS) is 20.5. The fourth-order valence-corrected chi connectivity index (χ4v) is 10.1. The van der Waals surface area contributed by atoms with Crippen LogP contribution in [0, 0.1) is 70.5 Å². The highest BCUT2D eigenvalue weighted by molar-refractivity contribution is 4.97. The molecule has 6 heteroatoms. The fourth-order valence-electron chi connectivity index (χ4n) is 10.1. The van der Waals surface area contributed by atoms with Crippen LogP contribution >= 0.6 is 0 Å². The van der Waals surface area contributed by atoms with Crippen molar-refractivity contribution in [3.8, 4) is 0 Å². The second-order valence-corrected chi connectivity index (χ2v) is 32.0. The predicted octanol–water partition coefficient (Wildman–Crippen LogP) is 20.1. The maximum atomic E-state index is 3.42. The lowest BCUT2D eigenvalue weighted by Crippen LogP contribution is -2.29. The molecule has 2 atom stereocenters. The van der Waals surface area contributed by atoms with E-state index in [1.165, 1.54) is 142 Å². The highest BCUT2D eigenvalue weighted by Gasteiger charge is 2.45. The zero-order valence-corrected chi connectivity index (χ0v) is 60.8. The van der Waals surface area contributed by atoms with Gasteiger partial charge in [0.15, 0.2) is 0 Å². The van der Waals surface area contributed by atoms with Crippen LogP contribution in [-0.4, -0.2) is 122 Å². The maximum Gasteiger partial charge on any atom is 0.00960 e. The number of hydrogen-bond acceptors (Lipinski definition) is 6. The van der Waals surface area contributed by atoms with Gasteiger partial charge in [0, 0.05) is 61.4 Å². The molecule has 2 saturated heterocycles. The maximum absolute atomic E-state index is 3.42. The summed E-state index contributed by atoms with van der Waals surface area (Å²) < 4.78 is 0. The molecule has 0 spiro atoms. The minimum atomic E-state index is 0.522. The van der Waals surface area contributed by atoms with Crippen LogP contribution in [0.15, 0.2) is 0 Å². The second-order valence-electron chi connectivity index (χ2n) is 32.0. The average molecular weight is 1120 g/mol. The summed E-state index contributed by atoms with van der Waals surface area (Å²) in [5.41, 5.74) is 0.522. The molecule has 8 rings (SSSR count). The first-order valence-electron chi connectivity index (χ1n) is 34.7. The Hall–Kier alpha value is -0.240. The lowest BCUT2D eigenvalue weighted by Gasteiger charge is -2.26. The molecule has 0 aromatic heterocycles. The molecular weight excluding hydrogens is 961 g/mol. The van der Waals surface area contributed by atoms with Gasteiger partial charge in [-0.3, -0.25) is 0 Å². The van der Waals surface area contributed by atoms with Gasteiger partial charge in [-0.25, -0.2) is 0 Å². The molecule has 6 nitrogen and oxygen atoms in total. The summed E-state index contributed by atoms with van der Waals surface area (Å²) in [6.07, 6.45) is 26.2. The van der Waals surface area contributed by atoms with Crippen molar-refractivity contribution in [3.63, 3.8) is 0 Å². The molecule has 0 aromatic rings.